The number of hydrogen-bond donors (Lipinski definition) is 1. The molecule has 2 aromatic carbocycles. The van der Waals surface area contributed by atoms with Crippen molar-refractivity contribution in [3.8, 4) is 5.75 Å². The molecule has 0 aromatic heterocycles. The number of rotatable bonds is 3. The fourth-order valence-corrected chi connectivity index (χ4v) is 2.21. The van der Waals surface area contributed by atoms with Gasteiger partial charge in [0.05, 0.1) is 0 Å². The maximum Gasteiger partial charge on any atom is 0.446 e. The van der Waals surface area contributed by atoms with Crippen molar-refractivity contribution in [3.05, 3.63) is 36.4 Å². The number of anilines is 1. The van der Waals surface area contributed by atoms with Gasteiger partial charge in [0.1, 0.15) is 0 Å². The van der Waals surface area contributed by atoms with Crippen LogP contribution in [0.4, 0.5) is 5.69 Å². The van der Waals surface area contributed by atoms with E-state index in [1.165, 1.54) is 6.07 Å². The summed E-state index contributed by atoms with van der Waals surface area (Å²) in [5.74, 6) is 0.110. The van der Waals surface area contributed by atoms with E-state index in [0.29, 0.717) is 5.39 Å². The highest BCUT2D eigenvalue weighted by atomic mass is 32.3. The summed E-state index contributed by atoms with van der Waals surface area (Å²) in [5.41, 5.74) is 0.812. The van der Waals surface area contributed by atoms with Gasteiger partial charge in [0, 0.05) is 25.2 Å². The number of fused-ring (bicyclic) bond motifs is 1. The van der Waals surface area contributed by atoms with E-state index in [1.807, 2.05) is 43.3 Å². The molecule has 2 rings (SSSR count). The third kappa shape index (κ3) is 2.55. The van der Waals surface area contributed by atoms with Crippen molar-refractivity contribution in [1.82, 2.24) is 0 Å². The Hall–Kier alpha value is -1.79. The van der Waals surface area contributed by atoms with Gasteiger partial charge in [0.2, 0.25) is 0 Å². The van der Waals surface area contributed by atoms with E-state index < -0.39 is 10.4 Å². The lowest BCUT2D eigenvalue weighted by atomic mass is 10.1. The van der Waals surface area contributed by atoms with Gasteiger partial charge in [-0.05, 0) is 17.5 Å². The zero-order chi connectivity index (χ0) is 13.3. The third-order valence-electron chi connectivity index (χ3n) is 2.52. The monoisotopic (exact) mass is 267 g/mol. The number of nitrogens with zero attached hydrogens (tertiary/aromatic N) is 1. The highest BCUT2D eigenvalue weighted by molar-refractivity contribution is 7.81. The summed E-state index contributed by atoms with van der Waals surface area (Å²) in [5, 5.41) is 1.48. The van der Waals surface area contributed by atoms with Crippen LogP contribution < -0.4 is 9.08 Å². The van der Waals surface area contributed by atoms with Crippen LogP contribution in [0.25, 0.3) is 10.8 Å². The molecule has 0 aliphatic rings. The van der Waals surface area contributed by atoms with Crippen LogP contribution >= 0.6 is 0 Å². The molecule has 2 aromatic rings. The first kappa shape index (κ1) is 12.7. The molecule has 6 heteroatoms. The van der Waals surface area contributed by atoms with Crippen LogP contribution in [0.15, 0.2) is 36.4 Å². The van der Waals surface area contributed by atoms with E-state index in [1.54, 1.807) is 6.07 Å². The Balaban J connectivity index is 2.74. The maximum atomic E-state index is 10.8. The molecule has 5 nitrogen and oxygen atoms in total. The van der Waals surface area contributed by atoms with E-state index in [4.69, 9.17) is 4.55 Å². The summed E-state index contributed by atoms with van der Waals surface area (Å²) < 4.78 is 35.1. The molecule has 0 aliphatic carbocycles. The Morgan fingerprint density at radius 3 is 2.28 bits per heavy atom. The van der Waals surface area contributed by atoms with Gasteiger partial charge < -0.3 is 9.08 Å². The average molecular weight is 267 g/mol. The van der Waals surface area contributed by atoms with E-state index in [2.05, 4.69) is 4.18 Å². The van der Waals surface area contributed by atoms with Gasteiger partial charge in [-0.3, -0.25) is 4.55 Å². The molecule has 0 bridgehead atoms. The zero-order valence-electron chi connectivity index (χ0n) is 9.99. The Morgan fingerprint density at radius 1 is 1.11 bits per heavy atom. The second-order valence-corrected chi connectivity index (χ2v) is 5.06. The molecule has 0 aliphatic heterocycles. The molecule has 0 atom stereocenters. The van der Waals surface area contributed by atoms with E-state index in [9.17, 15) is 8.42 Å². The molecule has 0 fully saturated rings. The second kappa shape index (κ2) is 4.47. The van der Waals surface area contributed by atoms with Gasteiger partial charge in [-0.15, -0.1) is 0 Å². The van der Waals surface area contributed by atoms with Gasteiger partial charge >= 0.3 is 10.4 Å². The smallest absolute Gasteiger partial charge is 0.377 e. The largest absolute Gasteiger partial charge is 0.446 e. The molecular weight excluding hydrogens is 254 g/mol. The zero-order valence-corrected chi connectivity index (χ0v) is 10.8. The number of hydrogen-bond acceptors (Lipinski definition) is 4. The molecule has 0 saturated heterocycles. The maximum absolute atomic E-state index is 10.8. The Bertz CT molecular complexity index is 674. The predicted molar refractivity (Wildman–Crippen MR) is 70.5 cm³/mol. The minimum Gasteiger partial charge on any atom is -0.377 e. The van der Waals surface area contributed by atoms with Gasteiger partial charge in [-0.2, -0.15) is 8.42 Å². The topological polar surface area (TPSA) is 66.8 Å². The first-order valence-corrected chi connectivity index (χ1v) is 6.61. The van der Waals surface area contributed by atoms with Crippen molar-refractivity contribution in [1.29, 1.82) is 0 Å². The van der Waals surface area contributed by atoms with Crippen molar-refractivity contribution in [3.63, 3.8) is 0 Å². The molecule has 18 heavy (non-hydrogen) atoms. The van der Waals surface area contributed by atoms with E-state index in [-0.39, 0.29) is 5.75 Å². The lowest BCUT2D eigenvalue weighted by molar-refractivity contribution is 0.388. The molecule has 1 N–H and O–H groups in total. The molecular formula is C12H13NO4S. The van der Waals surface area contributed by atoms with Crippen molar-refractivity contribution < 1.29 is 17.2 Å². The van der Waals surface area contributed by atoms with Crippen LogP contribution in [0.3, 0.4) is 0 Å². The minimum absolute atomic E-state index is 0.110. The van der Waals surface area contributed by atoms with Gasteiger partial charge in [-0.25, -0.2) is 0 Å². The molecule has 0 radical (unpaired) electrons. The van der Waals surface area contributed by atoms with Crippen LogP contribution in [0.1, 0.15) is 0 Å². The molecule has 0 heterocycles. The quantitative estimate of drug-likeness (QED) is 0.862. The highest BCUT2D eigenvalue weighted by Gasteiger charge is 2.13. The SMILES string of the molecule is CN(C)c1cccc2cccc(OS(=O)(=O)O)c12. The van der Waals surface area contributed by atoms with Crippen molar-refractivity contribution in [2.45, 2.75) is 0 Å². The van der Waals surface area contributed by atoms with Crippen LogP contribution in [-0.4, -0.2) is 27.1 Å². The van der Waals surface area contributed by atoms with Crippen LogP contribution in [0, 0.1) is 0 Å². The van der Waals surface area contributed by atoms with Crippen molar-refractivity contribution in [2.75, 3.05) is 19.0 Å². The summed E-state index contributed by atoms with van der Waals surface area (Å²) in [7, 11) is -0.837. The van der Waals surface area contributed by atoms with Crippen LogP contribution in [0.2, 0.25) is 0 Å². The summed E-state index contributed by atoms with van der Waals surface area (Å²) in [4.78, 5) is 1.85. The second-order valence-electron chi connectivity index (χ2n) is 4.04. The molecule has 96 valence electrons. The summed E-state index contributed by atoms with van der Waals surface area (Å²) in [6.45, 7) is 0. The molecule has 0 unspecified atom stereocenters. The fraction of sp³-hybridized carbons (Fsp3) is 0.167. The van der Waals surface area contributed by atoms with Crippen molar-refractivity contribution >= 4 is 26.9 Å². The van der Waals surface area contributed by atoms with E-state index >= 15 is 0 Å². The Kier molecular flexibility index (Phi) is 3.14. The number of benzene rings is 2. The summed E-state index contributed by atoms with van der Waals surface area (Å²) in [6, 6.07) is 10.6. The van der Waals surface area contributed by atoms with Gasteiger partial charge in [0.15, 0.2) is 5.75 Å². The third-order valence-corrected chi connectivity index (χ3v) is 2.91. The fourth-order valence-electron chi connectivity index (χ4n) is 1.84. The molecule has 0 saturated carbocycles. The first-order valence-electron chi connectivity index (χ1n) is 5.24. The van der Waals surface area contributed by atoms with Crippen LogP contribution in [-0.2, 0) is 10.4 Å². The standard InChI is InChI=1S/C12H13NO4S/c1-13(2)10-7-3-5-9-6-4-8-11(12(9)10)17-18(14,15)16/h3-8H,1-2H3,(H,14,15,16). The van der Waals surface area contributed by atoms with Crippen LogP contribution in [0.5, 0.6) is 5.75 Å². The van der Waals surface area contributed by atoms with E-state index in [0.717, 1.165) is 11.1 Å². The summed E-state index contributed by atoms with van der Waals surface area (Å²) in [6.07, 6.45) is 0. The Labute approximate surface area is 106 Å². The summed E-state index contributed by atoms with van der Waals surface area (Å²) >= 11 is 0. The highest BCUT2D eigenvalue weighted by Crippen LogP contribution is 2.34. The lowest BCUT2D eigenvalue weighted by Gasteiger charge is -2.17. The van der Waals surface area contributed by atoms with Gasteiger partial charge in [-0.1, -0.05) is 24.3 Å². The normalized spacial score (nSPS) is 11.5. The van der Waals surface area contributed by atoms with Gasteiger partial charge in [0.25, 0.3) is 0 Å². The average Bonchev–Trinajstić information content (AvgIpc) is 2.26. The Morgan fingerprint density at radius 2 is 1.72 bits per heavy atom. The first-order chi connectivity index (χ1) is 8.38. The van der Waals surface area contributed by atoms with Crippen molar-refractivity contribution in [2.24, 2.45) is 0 Å². The molecule has 0 amide bonds. The molecule has 0 spiro atoms. The predicted octanol–water partition coefficient (Wildman–Crippen LogP) is 2.09. The lowest BCUT2D eigenvalue weighted by Crippen LogP contribution is -2.11. The minimum atomic E-state index is -4.53.